The highest BCUT2D eigenvalue weighted by molar-refractivity contribution is 5.93. The molecule has 1 aliphatic carbocycles. The Labute approximate surface area is 140 Å². The van der Waals surface area contributed by atoms with E-state index in [1.54, 1.807) is 0 Å². The maximum Gasteiger partial charge on any atom is 0.193 e. The van der Waals surface area contributed by atoms with Gasteiger partial charge >= 0.3 is 0 Å². The van der Waals surface area contributed by atoms with Crippen LogP contribution in [0.25, 0.3) is 0 Å². The predicted molar refractivity (Wildman–Crippen MR) is 98.1 cm³/mol. The number of hydrogen-bond donors (Lipinski definition) is 2. The van der Waals surface area contributed by atoms with Gasteiger partial charge in [0.2, 0.25) is 0 Å². The molecule has 1 heterocycles. The van der Waals surface area contributed by atoms with E-state index in [4.69, 9.17) is 5.73 Å². The first-order valence-corrected chi connectivity index (χ1v) is 9.23. The molecule has 1 fully saturated rings. The molecule has 0 bridgehead atoms. The third-order valence-electron chi connectivity index (χ3n) is 5.02. The number of guanidine groups is 1. The summed E-state index contributed by atoms with van der Waals surface area (Å²) in [6.07, 6.45) is 10.0. The lowest BCUT2D eigenvalue weighted by Gasteiger charge is -2.19. The van der Waals surface area contributed by atoms with E-state index in [-0.39, 0.29) is 0 Å². The fourth-order valence-corrected chi connectivity index (χ4v) is 3.73. The van der Waals surface area contributed by atoms with Crippen molar-refractivity contribution in [2.75, 3.05) is 31.5 Å². The van der Waals surface area contributed by atoms with Crippen molar-refractivity contribution in [1.29, 1.82) is 0 Å². The molecule has 1 aromatic carbocycles. The molecular weight excluding hydrogens is 284 g/mol. The number of hydrogen-bond acceptors (Lipinski definition) is 2. The van der Waals surface area contributed by atoms with Crippen molar-refractivity contribution in [3.63, 3.8) is 0 Å². The summed E-state index contributed by atoms with van der Waals surface area (Å²) in [6, 6.07) is 6.49. The summed E-state index contributed by atoms with van der Waals surface area (Å²) in [6.45, 7) is 4.61. The first kappa shape index (κ1) is 16.3. The molecule has 0 atom stereocenters. The number of nitrogens with zero attached hydrogens (tertiary/aromatic N) is 2. The molecule has 0 unspecified atom stereocenters. The number of aryl methyl sites for hydroxylation is 1. The summed E-state index contributed by atoms with van der Waals surface area (Å²) in [4.78, 5) is 7.05. The van der Waals surface area contributed by atoms with E-state index in [9.17, 15) is 0 Å². The SMILES string of the molecule is NC(=NCCCCN1CCCC1)Nc1cccc2c1CCCC2. The average Bonchev–Trinajstić information content (AvgIpc) is 3.08. The molecular formula is C19H30N4. The van der Waals surface area contributed by atoms with Crippen LogP contribution in [0.1, 0.15) is 49.7 Å². The molecule has 0 radical (unpaired) electrons. The maximum atomic E-state index is 6.07. The lowest BCUT2D eigenvalue weighted by molar-refractivity contribution is 0.331. The zero-order chi connectivity index (χ0) is 15.9. The first-order valence-electron chi connectivity index (χ1n) is 9.23. The fraction of sp³-hybridized carbons (Fsp3) is 0.632. The van der Waals surface area contributed by atoms with E-state index in [1.165, 1.54) is 69.3 Å². The van der Waals surface area contributed by atoms with E-state index in [2.05, 4.69) is 33.4 Å². The number of benzene rings is 1. The van der Waals surface area contributed by atoms with E-state index in [0.717, 1.165) is 25.1 Å². The van der Waals surface area contributed by atoms with Crippen molar-refractivity contribution >= 4 is 11.6 Å². The van der Waals surface area contributed by atoms with Gasteiger partial charge in [-0.05, 0) is 88.2 Å². The van der Waals surface area contributed by atoms with Gasteiger partial charge in [-0.1, -0.05) is 12.1 Å². The van der Waals surface area contributed by atoms with E-state index >= 15 is 0 Å². The minimum atomic E-state index is 0.560. The molecule has 0 aromatic heterocycles. The Bertz CT molecular complexity index is 532. The Hall–Kier alpha value is -1.55. The topological polar surface area (TPSA) is 53.6 Å². The Morgan fingerprint density at radius 1 is 1.09 bits per heavy atom. The highest BCUT2D eigenvalue weighted by Crippen LogP contribution is 2.27. The molecule has 23 heavy (non-hydrogen) atoms. The summed E-state index contributed by atoms with van der Waals surface area (Å²) in [5.41, 5.74) is 10.1. The van der Waals surface area contributed by atoms with Crippen molar-refractivity contribution in [1.82, 2.24) is 4.90 Å². The molecule has 0 saturated carbocycles. The van der Waals surface area contributed by atoms with E-state index in [1.807, 2.05) is 0 Å². The fourth-order valence-electron chi connectivity index (χ4n) is 3.73. The second kappa shape index (κ2) is 8.34. The Morgan fingerprint density at radius 2 is 1.91 bits per heavy atom. The van der Waals surface area contributed by atoms with Crippen LogP contribution in [0.3, 0.4) is 0 Å². The molecule has 0 spiro atoms. The lowest BCUT2D eigenvalue weighted by atomic mass is 9.90. The van der Waals surface area contributed by atoms with Crippen LogP contribution in [-0.4, -0.2) is 37.0 Å². The second-order valence-corrected chi connectivity index (χ2v) is 6.80. The van der Waals surface area contributed by atoms with Crippen LogP contribution in [0.15, 0.2) is 23.2 Å². The number of aliphatic imine (C=N–C) groups is 1. The first-order chi connectivity index (χ1) is 11.3. The molecule has 2 aliphatic rings. The minimum absolute atomic E-state index is 0.560. The van der Waals surface area contributed by atoms with Gasteiger partial charge in [-0.3, -0.25) is 4.99 Å². The molecule has 3 N–H and O–H groups in total. The Morgan fingerprint density at radius 3 is 2.78 bits per heavy atom. The average molecular weight is 314 g/mol. The molecule has 1 aliphatic heterocycles. The Kier molecular flexibility index (Phi) is 5.92. The van der Waals surface area contributed by atoms with Crippen molar-refractivity contribution in [3.8, 4) is 0 Å². The third-order valence-corrected chi connectivity index (χ3v) is 5.02. The van der Waals surface area contributed by atoms with Gasteiger partial charge in [-0.2, -0.15) is 0 Å². The number of nitrogens with two attached hydrogens (primary N) is 1. The maximum absolute atomic E-state index is 6.07. The number of rotatable bonds is 6. The zero-order valence-electron chi connectivity index (χ0n) is 14.2. The summed E-state index contributed by atoms with van der Waals surface area (Å²) < 4.78 is 0. The third kappa shape index (κ3) is 4.71. The van der Waals surface area contributed by atoms with Crippen LogP contribution in [-0.2, 0) is 12.8 Å². The summed E-state index contributed by atoms with van der Waals surface area (Å²) >= 11 is 0. The predicted octanol–water partition coefficient (Wildman–Crippen LogP) is 3.17. The highest BCUT2D eigenvalue weighted by Gasteiger charge is 2.13. The van der Waals surface area contributed by atoms with Crippen LogP contribution in [0.4, 0.5) is 5.69 Å². The Balaban J connectivity index is 1.44. The van der Waals surface area contributed by atoms with Gasteiger partial charge in [-0.25, -0.2) is 0 Å². The number of anilines is 1. The van der Waals surface area contributed by atoms with E-state index < -0.39 is 0 Å². The van der Waals surface area contributed by atoms with Crippen LogP contribution in [0, 0.1) is 0 Å². The number of unbranched alkanes of at least 4 members (excludes halogenated alkanes) is 1. The largest absolute Gasteiger partial charge is 0.370 e. The molecule has 126 valence electrons. The summed E-state index contributed by atoms with van der Waals surface area (Å²) in [7, 11) is 0. The summed E-state index contributed by atoms with van der Waals surface area (Å²) in [5, 5.41) is 3.32. The van der Waals surface area contributed by atoms with Gasteiger partial charge in [0.1, 0.15) is 0 Å². The highest BCUT2D eigenvalue weighted by atomic mass is 15.1. The minimum Gasteiger partial charge on any atom is -0.370 e. The second-order valence-electron chi connectivity index (χ2n) is 6.80. The monoisotopic (exact) mass is 314 g/mol. The molecule has 4 nitrogen and oxygen atoms in total. The summed E-state index contributed by atoms with van der Waals surface area (Å²) in [5.74, 6) is 0.560. The van der Waals surface area contributed by atoms with Crippen LogP contribution in [0.5, 0.6) is 0 Å². The van der Waals surface area contributed by atoms with Crippen molar-refractivity contribution in [3.05, 3.63) is 29.3 Å². The molecule has 1 aromatic rings. The number of likely N-dealkylation sites (tertiary alicyclic amines) is 1. The van der Waals surface area contributed by atoms with Gasteiger partial charge in [0.25, 0.3) is 0 Å². The van der Waals surface area contributed by atoms with Gasteiger partial charge in [0.15, 0.2) is 5.96 Å². The van der Waals surface area contributed by atoms with Crippen molar-refractivity contribution in [2.45, 2.75) is 51.4 Å². The quantitative estimate of drug-likeness (QED) is 0.482. The number of fused-ring (bicyclic) bond motifs is 1. The van der Waals surface area contributed by atoms with E-state index in [0.29, 0.717) is 5.96 Å². The van der Waals surface area contributed by atoms with Crippen molar-refractivity contribution < 1.29 is 0 Å². The lowest BCUT2D eigenvalue weighted by Crippen LogP contribution is -2.24. The van der Waals surface area contributed by atoms with Crippen LogP contribution in [0.2, 0.25) is 0 Å². The molecule has 0 amide bonds. The van der Waals surface area contributed by atoms with Gasteiger partial charge in [-0.15, -0.1) is 0 Å². The number of nitrogens with one attached hydrogen (secondary N) is 1. The van der Waals surface area contributed by atoms with Crippen LogP contribution >= 0.6 is 0 Å². The molecule has 4 heteroatoms. The van der Waals surface area contributed by atoms with Crippen molar-refractivity contribution in [2.24, 2.45) is 10.7 Å². The normalized spacial score (nSPS) is 18.9. The molecule has 3 rings (SSSR count). The van der Waals surface area contributed by atoms with Gasteiger partial charge in [0, 0.05) is 12.2 Å². The van der Waals surface area contributed by atoms with Gasteiger partial charge in [0.05, 0.1) is 0 Å². The zero-order valence-corrected chi connectivity index (χ0v) is 14.2. The standard InChI is InChI=1S/C19H30N4/c20-19(21-12-3-4-13-23-14-5-6-15-23)22-18-11-7-9-16-8-1-2-10-17(16)18/h7,9,11H,1-6,8,10,12-15H2,(H3,20,21,22). The molecule has 1 saturated heterocycles. The van der Waals surface area contributed by atoms with Gasteiger partial charge < -0.3 is 16.0 Å². The smallest absolute Gasteiger partial charge is 0.193 e. The van der Waals surface area contributed by atoms with Crippen LogP contribution < -0.4 is 11.1 Å².